The van der Waals surface area contributed by atoms with Crippen molar-refractivity contribution in [3.63, 3.8) is 0 Å². The highest BCUT2D eigenvalue weighted by atomic mass is 33.1. The number of amides is 1. The van der Waals surface area contributed by atoms with Crippen LogP contribution in [-0.4, -0.2) is 37.5 Å². The lowest BCUT2D eigenvalue weighted by atomic mass is 10.0. The van der Waals surface area contributed by atoms with Crippen molar-refractivity contribution in [3.05, 3.63) is 0 Å². The second kappa shape index (κ2) is 10.5. The van der Waals surface area contributed by atoms with Crippen LogP contribution in [-0.2, 0) is 20.3 Å². The van der Waals surface area contributed by atoms with Crippen molar-refractivity contribution in [1.82, 2.24) is 4.31 Å². The van der Waals surface area contributed by atoms with Crippen LogP contribution >= 0.6 is 28.3 Å². The van der Waals surface area contributed by atoms with E-state index in [2.05, 4.69) is 13.8 Å². The topological polar surface area (TPSA) is 54.5 Å². The van der Waals surface area contributed by atoms with Crippen LogP contribution in [0.1, 0.15) is 59.8 Å². The summed E-state index contributed by atoms with van der Waals surface area (Å²) in [5.74, 6) is 1.69. The molecule has 0 radical (unpaired) electrons. The summed E-state index contributed by atoms with van der Waals surface area (Å²) < 4.78 is 27.4. The first-order chi connectivity index (χ1) is 10.9. The number of hydrogen-bond donors (Lipinski definition) is 0. The molecule has 4 nitrogen and oxygen atoms in total. The van der Waals surface area contributed by atoms with Gasteiger partial charge in [-0.1, -0.05) is 69.7 Å². The number of hydrogen-bond acceptors (Lipinski definition) is 5. The molecule has 1 heterocycles. The van der Waals surface area contributed by atoms with Crippen LogP contribution in [0.15, 0.2) is 0 Å². The first kappa shape index (κ1) is 21.6. The van der Waals surface area contributed by atoms with Crippen LogP contribution in [0, 0.1) is 5.92 Å². The molecule has 0 aromatic rings. The minimum absolute atomic E-state index is 0.0932. The summed E-state index contributed by atoms with van der Waals surface area (Å²) in [7, 11) is -1.45. The molecule has 23 heavy (non-hydrogen) atoms. The second-order valence-electron chi connectivity index (χ2n) is 5.87. The van der Waals surface area contributed by atoms with Crippen LogP contribution in [0.4, 0.5) is 0 Å². The van der Waals surface area contributed by atoms with Crippen molar-refractivity contribution in [3.8, 4) is 0 Å². The predicted molar refractivity (Wildman–Crippen MR) is 105 cm³/mol. The quantitative estimate of drug-likeness (QED) is 0.356. The van der Waals surface area contributed by atoms with E-state index < -0.39 is 21.5 Å². The average Bonchev–Trinajstić information content (AvgIpc) is 2.77. The molecule has 0 aliphatic carbocycles. The Balaban J connectivity index is 2.73. The van der Waals surface area contributed by atoms with Crippen molar-refractivity contribution in [2.45, 2.75) is 64.8 Å². The zero-order valence-electron chi connectivity index (χ0n) is 14.7. The number of rotatable bonds is 11. The van der Waals surface area contributed by atoms with E-state index in [1.807, 2.05) is 13.8 Å². The van der Waals surface area contributed by atoms with Gasteiger partial charge in [0.25, 0.3) is 0 Å². The fourth-order valence-electron chi connectivity index (χ4n) is 2.65. The number of carbonyl (C=O) groups excluding carboxylic acids is 1. The minimum Gasteiger partial charge on any atom is -0.299 e. The van der Waals surface area contributed by atoms with E-state index in [-0.39, 0.29) is 12.3 Å². The molecule has 0 bridgehead atoms. The molecule has 0 spiro atoms. The highest BCUT2D eigenvalue weighted by molar-refractivity contribution is 8.91. The Hall–Kier alpha value is 0.550. The summed E-state index contributed by atoms with van der Waals surface area (Å²) in [6.45, 7) is 8.72. The fourth-order valence-corrected chi connectivity index (χ4v) is 15.5. The van der Waals surface area contributed by atoms with Gasteiger partial charge in [-0.25, -0.2) is 4.21 Å². The Morgan fingerprint density at radius 2 is 1.87 bits per heavy atom. The maximum Gasteiger partial charge on any atom is 0.236 e. The van der Waals surface area contributed by atoms with Gasteiger partial charge in [-0.05, 0) is 23.8 Å². The molecule has 1 fully saturated rings. The van der Waals surface area contributed by atoms with Gasteiger partial charge in [-0.2, -0.15) is 0 Å². The molecule has 1 aliphatic heterocycles. The lowest BCUT2D eigenvalue weighted by Gasteiger charge is -2.23. The Morgan fingerprint density at radius 1 is 1.26 bits per heavy atom. The van der Waals surface area contributed by atoms with Gasteiger partial charge in [0.2, 0.25) is 11.5 Å². The van der Waals surface area contributed by atoms with Gasteiger partial charge in [-0.3, -0.25) is 13.7 Å². The molecule has 0 aromatic heterocycles. The van der Waals surface area contributed by atoms with Crippen molar-refractivity contribution in [2.24, 2.45) is 5.92 Å². The van der Waals surface area contributed by atoms with E-state index in [9.17, 15) is 13.6 Å². The molecule has 0 N–H and O–H groups in total. The van der Waals surface area contributed by atoms with Crippen molar-refractivity contribution in [1.29, 1.82) is 0 Å². The Morgan fingerprint density at radius 3 is 2.39 bits per heavy atom. The van der Waals surface area contributed by atoms with E-state index in [1.165, 1.54) is 39.9 Å². The molecule has 1 aliphatic rings. The average molecular weight is 400 g/mol. The van der Waals surface area contributed by atoms with Gasteiger partial charge in [0.15, 0.2) is 0 Å². The van der Waals surface area contributed by atoms with E-state index in [1.54, 1.807) is 0 Å². The van der Waals surface area contributed by atoms with Crippen LogP contribution < -0.4 is 0 Å². The van der Waals surface area contributed by atoms with Crippen molar-refractivity contribution >= 4 is 45.2 Å². The third-order valence-corrected chi connectivity index (χ3v) is 16.7. The number of nitrogens with zero attached hydrogens (tertiary/aromatic N) is 1. The third-order valence-electron chi connectivity index (χ3n) is 3.83. The SMILES string of the molecule is CCCCCC(C)CN1C(=O)CC(P(=O)(SCC)SCC)S1=O. The molecule has 1 amide bonds. The molecule has 1 saturated heterocycles. The molecule has 8 heteroatoms. The van der Waals surface area contributed by atoms with Crippen LogP contribution in [0.25, 0.3) is 0 Å². The van der Waals surface area contributed by atoms with Crippen molar-refractivity contribution < 1.29 is 13.6 Å². The van der Waals surface area contributed by atoms with E-state index in [0.717, 1.165) is 24.3 Å². The molecule has 3 atom stereocenters. The Labute approximate surface area is 151 Å². The first-order valence-corrected chi connectivity index (χ1v) is 14.6. The highest BCUT2D eigenvalue weighted by Gasteiger charge is 2.48. The van der Waals surface area contributed by atoms with Gasteiger partial charge in [0.05, 0.1) is 6.42 Å². The normalized spacial score (nSPS) is 23.5. The summed E-state index contributed by atoms with van der Waals surface area (Å²) in [5.41, 5.74) is -2.70. The molecule has 136 valence electrons. The van der Waals surface area contributed by atoms with Gasteiger partial charge in [0.1, 0.15) is 16.0 Å². The standard InChI is InChI=1S/C15H30NO3PS3/c1-5-8-9-10-13(4)12-16-14(17)11-15(23(16)19)20(18,21-6-2)22-7-3/h13,15H,5-12H2,1-4H3. The Bertz CT molecular complexity index is 451. The van der Waals surface area contributed by atoms with Gasteiger partial charge >= 0.3 is 0 Å². The monoisotopic (exact) mass is 399 g/mol. The lowest BCUT2D eigenvalue weighted by molar-refractivity contribution is -0.125. The third kappa shape index (κ3) is 6.09. The zero-order chi connectivity index (χ0) is 17.5. The molecular weight excluding hydrogens is 369 g/mol. The maximum atomic E-state index is 13.2. The second-order valence-corrected chi connectivity index (χ2v) is 16.6. The molecule has 0 aromatic carbocycles. The van der Waals surface area contributed by atoms with E-state index in [0.29, 0.717) is 12.5 Å². The smallest absolute Gasteiger partial charge is 0.236 e. The summed E-state index contributed by atoms with van der Waals surface area (Å²) in [6.07, 6.45) is 4.73. The van der Waals surface area contributed by atoms with Crippen LogP contribution in [0.2, 0.25) is 0 Å². The van der Waals surface area contributed by atoms with Gasteiger partial charge < -0.3 is 0 Å². The first-order valence-electron chi connectivity index (χ1n) is 8.49. The molecule has 0 saturated carbocycles. The lowest BCUT2D eigenvalue weighted by Crippen LogP contribution is -2.31. The van der Waals surface area contributed by atoms with Crippen molar-refractivity contribution in [2.75, 3.05) is 18.1 Å². The summed E-state index contributed by atoms with van der Waals surface area (Å²) in [6, 6.07) is 0. The maximum absolute atomic E-state index is 13.2. The molecule has 1 rings (SSSR count). The van der Waals surface area contributed by atoms with E-state index in [4.69, 9.17) is 0 Å². The number of unbranched alkanes of at least 4 members (excludes halogenated alkanes) is 2. The van der Waals surface area contributed by atoms with Gasteiger partial charge in [-0.15, -0.1) is 0 Å². The largest absolute Gasteiger partial charge is 0.299 e. The van der Waals surface area contributed by atoms with Gasteiger partial charge in [0, 0.05) is 6.54 Å². The molecule has 3 unspecified atom stereocenters. The number of carbonyl (C=O) groups is 1. The zero-order valence-corrected chi connectivity index (χ0v) is 18.0. The minimum atomic E-state index is -2.70. The highest BCUT2D eigenvalue weighted by Crippen LogP contribution is 2.74. The van der Waals surface area contributed by atoms with Crippen LogP contribution in [0.5, 0.6) is 0 Å². The van der Waals surface area contributed by atoms with E-state index >= 15 is 0 Å². The summed E-state index contributed by atoms with van der Waals surface area (Å²) >= 11 is 2.78. The summed E-state index contributed by atoms with van der Waals surface area (Å²) in [5, 5.41) is 0. The summed E-state index contributed by atoms with van der Waals surface area (Å²) in [4.78, 5) is 11.8. The predicted octanol–water partition coefficient (Wildman–Crippen LogP) is 5.12. The van der Waals surface area contributed by atoms with Crippen LogP contribution in [0.3, 0.4) is 0 Å². The molecular formula is C15H30NO3PS3. The Kier molecular flexibility index (Phi) is 9.88. The fraction of sp³-hybridized carbons (Fsp3) is 0.933.